The van der Waals surface area contributed by atoms with Gasteiger partial charge < -0.3 is 5.11 Å². The molecule has 1 N–H and O–H groups in total. The summed E-state index contributed by atoms with van der Waals surface area (Å²) in [5.41, 5.74) is 3.33. The fourth-order valence-corrected chi connectivity index (χ4v) is 3.93. The molecular formula is C21H18FN3O2. The third kappa shape index (κ3) is 2.97. The Kier molecular flexibility index (Phi) is 4.18. The molecule has 3 aromatic rings. The lowest BCUT2D eigenvalue weighted by molar-refractivity contribution is 0.0961. The van der Waals surface area contributed by atoms with Crippen molar-refractivity contribution in [3.05, 3.63) is 70.8 Å². The first-order chi connectivity index (χ1) is 13.0. The number of ketones is 1. The number of aromatic hydroxyl groups is 1. The molecule has 1 aliphatic rings. The topological polar surface area (TPSA) is 76.0 Å². The molecule has 0 amide bonds. The van der Waals surface area contributed by atoms with Gasteiger partial charge in [-0.05, 0) is 44.0 Å². The zero-order valence-corrected chi connectivity index (χ0v) is 15.0. The van der Waals surface area contributed by atoms with Gasteiger partial charge in [0.05, 0.1) is 17.0 Å². The average molecular weight is 363 g/mol. The van der Waals surface area contributed by atoms with E-state index in [0.717, 1.165) is 0 Å². The van der Waals surface area contributed by atoms with Crippen LogP contribution in [0.3, 0.4) is 0 Å². The number of halogens is 1. The standard InChI is InChI=1S/C21H18FN3O2/c1-11-19-16(25-12(2)24-11)9-13(10-18(19)27)20-14(5-3-7-17(20)26)15-6-4-8-23-21(15)22/h3-8,13,26H,9-10H2,1-2H3. The lowest BCUT2D eigenvalue weighted by Crippen LogP contribution is -2.23. The zero-order valence-electron chi connectivity index (χ0n) is 15.0. The molecule has 1 aromatic carbocycles. The summed E-state index contributed by atoms with van der Waals surface area (Å²) in [6, 6.07) is 8.23. The Morgan fingerprint density at radius 3 is 2.63 bits per heavy atom. The van der Waals surface area contributed by atoms with Crippen LogP contribution in [-0.2, 0) is 6.42 Å². The monoisotopic (exact) mass is 363 g/mol. The number of hydrogen-bond acceptors (Lipinski definition) is 5. The van der Waals surface area contributed by atoms with Crippen LogP contribution in [0.1, 0.15) is 45.5 Å². The van der Waals surface area contributed by atoms with E-state index in [1.54, 1.807) is 37.3 Å². The summed E-state index contributed by atoms with van der Waals surface area (Å²) in [4.78, 5) is 25.2. The number of hydrogen-bond donors (Lipinski definition) is 1. The minimum absolute atomic E-state index is 0.0412. The Hall–Kier alpha value is -3.15. The van der Waals surface area contributed by atoms with Gasteiger partial charge in [0.25, 0.3) is 0 Å². The third-order valence-electron chi connectivity index (χ3n) is 4.97. The van der Waals surface area contributed by atoms with Crippen molar-refractivity contribution >= 4 is 5.78 Å². The van der Waals surface area contributed by atoms with E-state index in [4.69, 9.17) is 0 Å². The van der Waals surface area contributed by atoms with Gasteiger partial charge in [-0.2, -0.15) is 4.39 Å². The largest absolute Gasteiger partial charge is 0.508 e. The van der Waals surface area contributed by atoms with Crippen LogP contribution in [0.15, 0.2) is 36.5 Å². The Morgan fingerprint density at radius 1 is 1.07 bits per heavy atom. The highest BCUT2D eigenvalue weighted by Crippen LogP contribution is 2.42. The van der Waals surface area contributed by atoms with E-state index < -0.39 is 5.95 Å². The highest BCUT2D eigenvalue weighted by atomic mass is 19.1. The number of benzene rings is 1. The van der Waals surface area contributed by atoms with Crippen molar-refractivity contribution in [3.63, 3.8) is 0 Å². The third-order valence-corrected chi connectivity index (χ3v) is 4.97. The number of carbonyl (C=O) groups excluding carboxylic acids is 1. The maximum atomic E-state index is 14.3. The Labute approximate surface area is 156 Å². The number of aryl methyl sites for hydroxylation is 2. The Bertz CT molecular complexity index is 1070. The molecule has 0 saturated heterocycles. The number of nitrogens with zero attached hydrogens (tertiary/aromatic N) is 3. The van der Waals surface area contributed by atoms with Gasteiger partial charge in [-0.3, -0.25) is 4.79 Å². The molecule has 2 aromatic heterocycles. The van der Waals surface area contributed by atoms with E-state index in [1.165, 1.54) is 6.20 Å². The highest BCUT2D eigenvalue weighted by Gasteiger charge is 2.32. The highest BCUT2D eigenvalue weighted by molar-refractivity contribution is 6.00. The normalized spacial score (nSPS) is 16.3. The van der Waals surface area contributed by atoms with E-state index in [1.807, 2.05) is 6.92 Å². The maximum absolute atomic E-state index is 14.3. The molecule has 0 fully saturated rings. The molecule has 1 atom stereocenters. The fourth-order valence-electron chi connectivity index (χ4n) is 3.93. The van der Waals surface area contributed by atoms with Gasteiger partial charge in [-0.15, -0.1) is 0 Å². The van der Waals surface area contributed by atoms with Crippen LogP contribution in [0.4, 0.5) is 4.39 Å². The van der Waals surface area contributed by atoms with E-state index in [2.05, 4.69) is 15.0 Å². The summed E-state index contributed by atoms with van der Waals surface area (Å²) < 4.78 is 14.3. The molecule has 0 radical (unpaired) electrons. The van der Waals surface area contributed by atoms with E-state index in [0.29, 0.717) is 45.9 Å². The molecular weight excluding hydrogens is 345 g/mol. The van der Waals surface area contributed by atoms with Crippen molar-refractivity contribution in [2.45, 2.75) is 32.6 Å². The number of rotatable bonds is 2. The predicted octanol–water partition coefficient (Wildman–Crippen LogP) is 3.91. The van der Waals surface area contributed by atoms with Crippen LogP contribution < -0.4 is 0 Å². The molecule has 0 spiro atoms. The number of aromatic nitrogens is 3. The fraction of sp³-hybridized carbons (Fsp3) is 0.238. The summed E-state index contributed by atoms with van der Waals surface area (Å²) in [7, 11) is 0. The van der Waals surface area contributed by atoms with Crippen molar-refractivity contribution in [3.8, 4) is 16.9 Å². The van der Waals surface area contributed by atoms with Gasteiger partial charge in [0.15, 0.2) is 5.78 Å². The average Bonchev–Trinajstić information content (AvgIpc) is 2.60. The van der Waals surface area contributed by atoms with E-state index in [9.17, 15) is 14.3 Å². The predicted molar refractivity (Wildman–Crippen MR) is 98.2 cm³/mol. The van der Waals surface area contributed by atoms with Gasteiger partial charge in [0.1, 0.15) is 11.6 Å². The summed E-state index contributed by atoms with van der Waals surface area (Å²) >= 11 is 0. The number of phenols is 1. The van der Waals surface area contributed by atoms with Crippen molar-refractivity contribution in [1.82, 2.24) is 15.0 Å². The molecule has 1 unspecified atom stereocenters. The van der Waals surface area contributed by atoms with E-state index >= 15 is 0 Å². The smallest absolute Gasteiger partial charge is 0.220 e. The summed E-state index contributed by atoms with van der Waals surface area (Å²) in [5, 5.41) is 10.6. The first kappa shape index (κ1) is 17.3. The van der Waals surface area contributed by atoms with E-state index in [-0.39, 0.29) is 23.9 Å². The van der Waals surface area contributed by atoms with Crippen molar-refractivity contribution in [2.75, 3.05) is 0 Å². The molecule has 1 aliphatic carbocycles. The van der Waals surface area contributed by atoms with Crippen LogP contribution in [0.5, 0.6) is 5.75 Å². The van der Waals surface area contributed by atoms with Crippen molar-refractivity contribution in [2.24, 2.45) is 0 Å². The number of Topliss-reactive ketones (excluding diaryl/α,β-unsaturated/α-hetero) is 1. The minimum Gasteiger partial charge on any atom is -0.508 e. The summed E-state index contributed by atoms with van der Waals surface area (Å²) in [6.45, 7) is 3.60. The lowest BCUT2D eigenvalue weighted by Gasteiger charge is -2.26. The molecule has 0 saturated carbocycles. The van der Waals surface area contributed by atoms with Gasteiger partial charge in [0, 0.05) is 29.7 Å². The second-order valence-electron chi connectivity index (χ2n) is 6.79. The number of carbonyl (C=O) groups is 1. The van der Waals surface area contributed by atoms with Gasteiger partial charge in [-0.25, -0.2) is 15.0 Å². The van der Waals surface area contributed by atoms with Crippen LogP contribution in [0, 0.1) is 19.8 Å². The van der Waals surface area contributed by atoms with Crippen LogP contribution >= 0.6 is 0 Å². The molecule has 5 nitrogen and oxygen atoms in total. The number of phenolic OH excluding ortho intramolecular Hbond substituents is 1. The van der Waals surface area contributed by atoms with Crippen molar-refractivity contribution in [1.29, 1.82) is 0 Å². The first-order valence-corrected chi connectivity index (χ1v) is 8.75. The minimum atomic E-state index is -0.610. The summed E-state index contributed by atoms with van der Waals surface area (Å²) in [6.07, 6.45) is 2.08. The molecule has 27 heavy (non-hydrogen) atoms. The van der Waals surface area contributed by atoms with Gasteiger partial charge >= 0.3 is 0 Å². The SMILES string of the molecule is Cc1nc(C)c2c(n1)CC(c1c(O)cccc1-c1cccnc1F)CC2=O. The maximum Gasteiger partial charge on any atom is 0.220 e. The number of pyridine rings is 1. The molecule has 136 valence electrons. The zero-order chi connectivity index (χ0) is 19.1. The van der Waals surface area contributed by atoms with Crippen molar-refractivity contribution < 1.29 is 14.3 Å². The molecule has 0 bridgehead atoms. The Morgan fingerprint density at radius 2 is 1.85 bits per heavy atom. The molecule has 4 rings (SSSR count). The molecule has 2 heterocycles. The van der Waals surface area contributed by atoms with Crippen LogP contribution in [0.2, 0.25) is 0 Å². The second-order valence-corrected chi connectivity index (χ2v) is 6.79. The molecule has 0 aliphatic heterocycles. The van der Waals surface area contributed by atoms with Gasteiger partial charge in [-0.1, -0.05) is 12.1 Å². The Balaban J connectivity index is 1.86. The lowest BCUT2D eigenvalue weighted by atomic mass is 9.78. The van der Waals surface area contributed by atoms with Crippen LogP contribution in [-0.4, -0.2) is 25.8 Å². The number of fused-ring (bicyclic) bond motifs is 1. The van der Waals surface area contributed by atoms with Gasteiger partial charge in [0.2, 0.25) is 5.95 Å². The quantitative estimate of drug-likeness (QED) is 0.699. The second kappa shape index (κ2) is 6.54. The molecule has 6 heteroatoms. The van der Waals surface area contributed by atoms with Crippen LogP contribution in [0.25, 0.3) is 11.1 Å². The first-order valence-electron chi connectivity index (χ1n) is 8.75. The summed E-state index contributed by atoms with van der Waals surface area (Å²) in [5.74, 6) is -0.315.